The molecule has 1 aromatic rings. The molecular formula is C24H32N8O4. The number of likely N-dealkylation sites (N-methyl/N-ethyl adjacent to an activating group) is 1. The number of aliphatic imine (C=N–C) groups is 1. The molecule has 1 aliphatic heterocycles. The van der Waals surface area contributed by atoms with Gasteiger partial charge in [0.05, 0.1) is 17.5 Å². The summed E-state index contributed by atoms with van der Waals surface area (Å²) in [4.78, 5) is 52.1. The zero-order chi connectivity index (χ0) is 26.8. The lowest BCUT2D eigenvalue weighted by Crippen LogP contribution is -2.45. The topological polar surface area (TPSA) is 171 Å². The zero-order valence-corrected chi connectivity index (χ0v) is 20.9. The van der Waals surface area contributed by atoms with Gasteiger partial charge in [-0.25, -0.2) is 0 Å². The minimum atomic E-state index is -1.26. The SMILES string of the molecule is C=CC(CN(C)c1ccc(C(=O)N=NC(CCC(C)=O)C(=O)N=O)cc1)NC1=C(N)NC(C)N=C1C. The third-order valence-electron chi connectivity index (χ3n) is 5.46. The summed E-state index contributed by atoms with van der Waals surface area (Å²) in [5, 5.41) is 16.0. The van der Waals surface area contributed by atoms with Crippen LogP contribution in [0.15, 0.2) is 68.8 Å². The summed E-state index contributed by atoms with van der Waals surface area (Å²) in [6.07, 6.45) is 1.67. The van der Waals surface area contributed by atoms with Crippen molar-refractivity contribution < 1.29 is 14.4 Å². The summed E-state index contributed by atoms with van der Waals surface area (Å²) in [5.74, 6) is -1.41. The number of rotatable bonds is 12. The summed E-state index contributed by atoms with van der Waals surface area (Å²) in [7, 11) is 1.90. The van der Waals surface area contributed by atoms with Crippen LogP contribution < -0.4 is 21.3 Å². The highest BCUT2D eigenvalue weighted by Crippen LogP contribution is 2.17. The quantitative estimate of drug-likeness (QED) is 0.225. The number of azo groups is 1. The van der Waals surface area contributed by atoms with Gasteiger partial charge in [0, 0.05) is 36.4 Å². The van der Waals surface area contributed by atoms with Crippen LogP contribution in [0.1, 0.15) is 44.0 Å². The Morgan fingerprint density at radius 2 is 1.97 bits per heavy atom. The Kier molecular flexibility index (Phi) is 10.1. The van der Waals surface area contributed by atoms with Crippen molar-refractivity contribution in [1.29, 1.82) is 0 Å². The number of nitroso groups, excluding NO2 is 1. The number of benzene rings is 1. The largest absolute Gasteiger partial charge is 0.384 e. The van der Waals surface area contributed by atoms with E-state index in [1.807, 2.05) is 25.8 Å². The first kappa shape index (κ1) is 28.0. The maximum atomic E-state index is 12.4. The molecule has 0 spiro atoms. The van der Waals surface area contributed by atoms with Crippen molar-refractivity contribution in [1.82, 2.24) is 10.6 Å². The number of Topliss-reactive ketones (excluding diaryl/α,β-unsaturated/α-hetero) is 1. The Balaban J connectivity index is 2.04. The van der Waals surface area contributed by atoms with Gasteiger partial charge in [0.2, 0.25) is 0 Å². The molecule has 12 heteroatoms. The van der Waals surface area contributed by atoms with Crippen LogP contribution in [0.25, 0.3) is 0 Å². The van der Waals surface area contributed by atoms with Crippen LogP contribution in [0.5, 0.6) is 0 Å². The number of carbonyl (C=O) groups is 3. The van der Waals surface area contributed by atoms with Crippen LogP contribution in [-0.2, 0) is 9.59 Å². The fourth-order valence-electron chi connectivity index (χ4n) is 3.50. The molecule has 3 unspecified atom stereocenters. The maximum Gasteiger partial charge on any atom is 0.312 e. The minimum Gasteiger partial charge on any atom is -0.384 e. The fourth-order valence-corrected chi connectivity index (χ4v) is 3.50. The third kappa shape index (κ3) is 7.93. The van der Waals surface area contributed by atoms with E-state index >= 15 is 0 Å². The average Bonchev–Trinajstić information content (AvgIpc) is 2.84. The van der Waals surface area contributed by atoms with E-state index in [2.05, 4.69) is 37.6 Å². The van der Waals surface area contributed by atoms with Gasteiger partial charge < -0.3 is 26.1 Å². The van der Waals surface area contributed by atoms with E-state index in [-0.39, 0.29) is 36.4 Å². The second-order valence-corrected chi connectivity index (χ2v) is 8.44. The monoisotopic (exact) mass is 496 g/mol. The van der Waals surface area contributed by atoms with E-state index in [0.29, 0.717) is 12.4 Å². The van der Waals surface area contributed by atoms with Gasteiger partial charge in [-0.3, -0.25) is 14.6 Å². The highest BCUT2D eigenvalue weighted by Gasteiger charge is 2.21. The molecule has 3 atom stereocenters. The van der Waals surface area contributed by atoms with Gasteiger partial charge in [-0.1, -0.05) is 6.08 Å². The minimum absolute atomic E-state index is 0.0204. The lowest BCUT2D eigenvalue weighted by Gasteiger charge is -2.29. The average molecular weight is 497 g/mol. The first-order chi connectivity index (χ1) is 17.0. The first-order valence-corrected chi connectivity index (χ1v) is 11.4. The molecule has 12 nitrogen and oxygen atoms in total. The molecule has 4 N–H and O–H groups in total. The number of nitrogens with two attached hydrogens (primary N) is 1. The summed E-state index contributed by atoms with van der Waals surface area (Å²) < 4.78 is 0. The van der Waals surface area contributed by atoms with Crippen LogP contribution in [0.4, 0.5) is 5.69 Å². The van der Waals surface area contributed by atoms with Crippen LogP contribution in [-0.4, -0.2) is 55.2 Å². The molecule has 36 heavy (non-hydrogen) atoms. The van der Waals surface area contributed by atoms with Crippen molar-refractivity contribution >= 4 is 29.0 Å². The number of nitrogens with one attached hydrogen (secondary N) is 2. The molecule has 0 radical (unpaired) electrons. The number of ketones is 1. The standard InChI is InChI=1S/C24H32N8O4/c1-6-18(28-21-15(3)26-16(4)27-22(21)25)13-32(5)19-10-8-17(9-11-19)23(34)30-29-20(24(35)31-36)12-7-14(2)33/h6,8-11,16,18,20,27-28H,1,7,12-13,25H2,2-5H3. The van der Waals surface area contributed by atoms with E-state index in [0.717, 1.165) is 17.1 Å². The van der Waals surface area contributed by atoms with Crippen molar-refractivity contribution in [3.63, 3.8) is 0 Å². The molecule has 2 rings (SSSR count). The van der Waals surface area contributed by atoms with Crippen molar-refractivity contribution in [3.8, 4) is 0 Å². The molecule has 2 amide bonds. The van der Waals surface area contributed by atoms with Gasteiger partial charge >= 0.3 is 5.91 Å². The van der Waals surface area contributed by atoms with Crippen LogP contribution >= 0.6 is 0 Å². The Morgan fingerprint density at radius 3 is 2.53 bits per heavy atom. The van der Waals surface area contributed by atoms with Gasteiger partial charge in [0.15, 0.2) is 6.04 Å². The molecule has 0 saturated heterocycles. The molecular weight excluding hydrogens is 464 g/mol. The number of hydrogen-bond acceptors (Lipinski definition) is 10. The number of hydrogen-bond donors (Lipinski definition) is 3. The first-order valence-electron chi connectivity index (χ1n) is 11.4. The van der Waals surface area contributed by atoms with Crippen molar-refractivity contribution in [3.05, 3.63) is 58.9 Å². The number of allylic oxidation sites excluding steroid dienone is 1. The molecule has 0 aromatic heterocycles. The fraction of sp³-hybridized carbons (Fsp3) is 0.417. The molecule has 1 aromatic carbocycles. The molecule has 1 aliphatic rings. The van der Waals surface area contributed by atoms with Gasteiger partial charge in [-0.2, -0.15) is 5.11 Å². The Bertz CT molecular complexity index is 1090. The Morgan fingerprint density at radius 1 is 1.31 bits per heavy atom. The smallest absolute Gasteiger partial charge is 0.312 e. The molecule has 1 heterocycles. The van der Waals surface area contributed by atoms with E-state index in [9.17, 15) is 19.3 Å². The highest BCUT2D eigenvalue weighted by molar-refractivity contribution is 5.99. The lowest BCUT2D eigenvalue weighted by atomic mass is 10.1. The second-order valence-electron chi connectivity index (χ2n) is 8.44. The van der Waals surface area contributed by atoms with Crippen LogP contribution in [0.2, 0.25) is 0 Å². The molecule has 0 bridgehead atoms. The van der Waals surface area contributed by atoms with Gasteiger partial charge in [-0.05, 0) is 51.5 Å². The van der Waals surface area contributed by atoms with Crippen LogP contribution in [0.3, 0.4) is 0 Å². The van der Waals surface area contributed by atoms with E-state index in [4.69, 9.17) is 5.73 Å². The van der Waals surface area contributed by atoms with Gasteiger partial charge in [0.25, 0.3) is 5.91 Å². The van der Waals surface area contributed by atoms with Gasteiger partial charge in [0.1, 0.15) is 17.8 Å². The molecule has 192 valence electrons. The van der Waals surface area contributed by atoms with E-state index in [1.54, 1.807) is 30.3 Å². The predicted octanol–water partition coefficient (Wildman–Crippen LogP) is 2.43. The van der Waals surface area contributed by atoms with Crippen molar-refractivity contribution in [2.45, 2.75) is 51.9 Å². The number of nitrogens with zero attached hydrogens (tertiary/aromatic N) is 5. The Hall–Kier alpha value is -4.22. The third-order valence-corrected chi connectivity index (χ3v) is 5.46. The normalized spacial score (nSPS) is 17.0. The second kappa shape index (κ2) is 13.0. The summed E-state index contributed by atoms with van der Waals surface area (Å²) >= 11 is 0. The molecule has 0 fully saturated rings. The predicted molar refractivity (Wildman–Crippen MR) is 137 cm³/mol. The lowest BCUT2D eigenvalue weighted by molar-refractivity contribution is -0.120. The van der Waals surface area contributed by atoms with Crippen molar-refractivity contribution in [2.24, 2.45) is 26.1 Å². The maximum absolute atomic E-state index is 12.4. The van der Waals surface area contributed by atoms with E-state index < -0.39 is 17.9 Å². The summed E-state index contributed by atoms with van der Waals surface area (Å²) in [6.45, 7) is 9.60. The molecule has 0 aliphatic carbocycles. The number of amides is 2. The number of carbonyl (C=O) groups excluding carboxylic acids is 3. The van der Waals surface area contributed by atoms with Crippen molar-refractivity contribution in [2.75, 3.05) is 18.5 Å². The summed E-state index contributed by atoms with van der Waals surface area (Å²) in [6, 6.07) is 5.26. The Labute approximate surface area is 209 Å². The van der Waals surface area contributed by atoms with Crippen LogP contribution in [0, 0.1) is 4.91 Å². The number of anilines is 1. The highest BCUT2D eigenvalue weighted by atomic mass is 16.3. The zero-order valence-electron chi connectivity index (χ0n) is 20.9. The van der Waals surface area contributed by atoms with Gasteiger partial charge in [-0.15, -0.1) is 16.6 Å². The summed E-state index contributed by atoms with van der Waals surface area (Å²) in [5.41, 5.74) is 8.73. The molecule has 0 saturated carbocycles. The van der Waals surface area contributed by atoms with E-state index in [1.165, 1.54) is 6.92 Å².